The van der Waals surface area contributed by atoms with Gasteiger partial charge in [-0.15, -0.1) is 0 Å². The highest BCUT2D eigenvalue weighted by atomic mass is 79.9. The van der Waals surface area contributed by atoms with E-state index in [0.29, 0.717) is 11.6 Å². The zero-order valence-electron chi connectivity index (χ0n) is 11.6. The largest absolute Gasteiger partial charge is 0.461 e. The maximum absolute atomic E-state index is 6.05. The number of halogens is 2. The van der Waals surface area contributed by atoms with Crippen LogP contribution in [0.25, 0.3) is 11.0 Å². The van der Waals surface area contributed by atoms with Gasteiger partial charge in [-0.1, -0.05) is 36.7 Å². The number of furan rings is 1. The van der Waals surface area contributed by atoms with E-state index in [4.69, 9.17) is 16.0 Å². The van der Waals surface area contributed by atoms with Crippen molar-refractivity contribution in [1.82, 2.24) is 0 Å². The molecule has 0 atom stereocenters. The van der Waals surface area contributed by atoms with E-state index in [0.717, 1.165) is 27.9 Å². The van der Waals surface area contributed by atoms with Crippen LogP contribution in [0.5, 0.6) is 0 Å². The number of hydrogen-bond acceptors (Lipinski definition) is 2. The molecule has 1 N–H and O–H groups in total. The van der Waals surface area contributed by atoms with Crippen LogP contribution in [0, 0.1) is 0 Å². The molecule has 3 aromatic rings. The van der Waals surface area contributed by atoms with E-state index >= 15 is 0 Å². The Kier molecular flexibility index (Phi) is 4.22. The third-order valence-corrected chi connectivity index (χ3v) is 4.41. The summed E-state index contributed by atoms with van der Waals surface area (Å²) in [5.74, 6) is 1.03. The van der Waals surface area contributed by atoms with E-state index in [1.54, 1.807) is 0 Å². The molecule has 0 aliphatic heterocycles. The van der Waals surface area contributed by atoms with Gasteiger partial charge in [0.15, 0.2) is 0 Å². The lowest BCUT2D eigenvalue weighted by Crippen LogP contribution is -2.01. The molecular formula is C17H15BrClNO. The van der Waals surface area contributed by atoms with Crippen molar-refractivity contribution in [2.24, 2.45) is 0 Å². The summed E-state index contributed by atoms with van der Waals surface area (Å²) in [6, 6.07) is 13.9. The second-order valence-electron chi connectivity index (χ2n) is 4.83. The average molecular weight is 365 g/mol. The number of fused-ring (bicyclic) bond motifs is 1. The van der Waals surface area contributed by atoms with Crippen molar-refractivity contribution in [2.45, 2.75) is 19.9 Å². The number of anilines is 1. The van der Waals surface area contributed by atoms with Gasteiger partial charge in [0.1, 0.15) is 11.3 Å². The number of nitrogens with one attached hydrogen (secondary N) is 1. The summed E-state index contributed by atoms with van der Waals surface area (Å²) in [5.41, 5.74) is 3.13. The van der Waals surface area contributed by atoms with Crippen LogP contribution in [0.15, 0.2) is 51.4 Å². The summed E-state index contributed by atoms with van der Waals surface area (Å²) in [4.78, 5) is 0. The lowest BCUT2D eigenvalue weighted by Gasteiger charge is -2.09. The number of aryl methyl sites for hydroxylation is 1. The zero-order valence-corrected chi connectivity index (χ0v) is 14.0. The molecule has 21 heavy (non-hydrogen) atoms. The predicted octanol–water partition coefficient (Wildman–Crippen LogP) is 6.02. The van der Waals surface area contributed by atoms with Crippen LogP contribution < -0.4 is 5.32 Å². The first-order valence-electron chi connectivity index (χ1n) is 6.87. The Balaban J connectivity index is 1.93. The Hall–Kier alpha value is -1.45. The van der Waals surface area contributed by atoms with Gasteiger partial charge in [-0.05, 0) is 40.2 Å². The van der Waals surface area contributed by atoms with Crippen molar-refractivity contribution >= 4 is 44.2 Å². The maximum Gasteiger partial charge on any atom is 0.134 e. The molecule has 0 fully saturated rings. The highest BCUT2D eigenvalue weighted by Crippen LogP contribution is 2.30. The number of hydrogen-bond donors (Lipinski definition) is 1. The van der Waals surface area contributed by atoms with Gasteiger partial charge in [-0.2, -0.15) is 0 Å². The van der Waals surface area contributed by atoms with Crippen LogP contribution in [0.1, 0.15) is 18.2 Å². The highest BCUT2D eigenvalue weighted by molar-refractivity contribution is 9.10. The molecule has 0 amide bonds. The van der Waals surface area contributed by atoms with Gasteiger partial charge >= 0.3 is 0 Å². The summed E-state index contributed by atoms with van der Waals surface area (Å²) in [6.45, 7) is 2.82. The zero-order chi connectivity index (χ0) is 14.8. The van der Waals surface area contributed by atoms with Gasteiger partial charge < -0.3 is 9.73 Å². The fraction of sp³-hybridized carbons (Fsp3) is 0.176. The van der Waals surface area contributed by atoms with E-state index in [1.165, 1.54) is 10.9 Å². The standard InChI is InChI=1S/C17H15BrClNO/c1-2-16-13(12-5-3-4-6-17(12)21-16)10-20-15-9-11(19)7-8-14(15)18/h3-9,20H,2,10H2,1H3. The van der Waals surface area contributed by atoms with Gasteiger partial charge in [0.25, 0.3) is 0 Å². The lowest BCUT2D eigenvalue weighted by atomic mass is 10.1. The minimum Gasteiger partial charge on any atom is -0.461 e. The van der Waals surface area contributed by atoms with E-state index in [2.05, 4.69) is 34.2 Å². The minimum absolute atomic E-state index is 0.707. The van der Waals surface area contributed by atoms with Crippen LogP contribution in [0.4, 0.5) is 5.69 Å². The topological polar surface area (TPSA) is 25.2 Å². The summed E-state index contributed by atoms with van der Waals surface area (Å²) in [5, 5.41) is 5.31. The number of rotatable bonds is 4. The molecule has 1 aromatic heterocycles. The summed E-state index contributed by atoms with van der Waals surface area (Å²) >= 11 is 9.59. The first-order chi connectivity index (χ1) is 10.2. The Bertz CT molecular complexity index is 782. The third-order valence-electron chi connectivity index (χ3n) is 3.49. The molecule has 0 aliphatic carbocycles. The second kappa shape index (κ2) is 6.12. The van der Waals surface area contributed by atoms with Crippen LogP contribution >= 0.6 is 27.5 Å². The van der Waals surface area contributed by atoms with Crippen LogP contribution in [-0.2, 0) is 13.0 Å². The Labute approximate surface area is 137 Å². The molecular weight excluding hydrogens is 350 g/mol. The van der Waals surface area contributed by atoms with Crippen molar-refractivity contribution in [3.8, 4) is 0 Å². The smallest absolute Gasteiger partial charge is 0.134 e. The first-order valence-corrected chi connectivity index (χ1v) is 8.04. The SMILES string of the molecule is CCc1oc2ccccc2c1CNc1cc(Cl)ccc1Br. The lowest BCUT2D eigenvalue weighted by molar-refractivity contribution is 0.551. The van der Waals surface area contributed by atoms with Crippen LogP contribution in [0.3, 0.4) is 0 Å². The van der Waals surface area contributed by atoms with Gasteiger partial charge in [0.05, 0.1) is 5.69 Å². The summed E-state index contributed by atoms with van der Waals surface area (Å²) in [6.07, 6.45) is 0.877. The van der Waals surface area contributed by atoms with Gasteiger partial charge in [-0.25, -0.2) is 0 Å². The molecule has 0 saturated carbocycles. The first kappa shape index (κ1) is 14.5. The fourth-order valence-corrected chi connectivity index (χ4v) is 3.00. The molecule has 2 aromatic carbocycles. The Morgan fingerprint density at radius 3 is 2.81 bits per heavy atom. The van der Waals surface area contributed by atoms with E-state index in [-0.39, 0.29) is 0 Å². The van der Waals surface area contributed by atoms with Gasteiger partial charge in [0.2, 0.25) is 0 Å². The van der Waals surface area contributed by atoms with Crippen molar-refractivity contribution in [3.05, 3.63) is 63.3 Å². The Morgan fingerprint density at radius 1 is 1.19 bits per heavy atom. The van der Waals surface area contributed by atoms with Crippen LogP contribution in [0.2, 0.25) is 5.02 Å². The van der Waals surface area contributed by atoms with Gasteiger partial charge in [-0.3, -0.25) is 0 Å². The molecule has 3 rings (SSSR count). The predicted molar refractivity (Wildman–Crippen MR) is 92.1 cm³/mol. The van der Waals surface area contributed by atoms with E-state index < -0.39 is 0 Å². The van der Waals surface area contributed by atoms with Crippen molar-refractivity contribution in [2.75, 3.05) is 5.32 Å². The normalized spacial score (nSPS) is 11.0. The average Bonchev–Trinajstić information content (AvgIpc) is 2.86. The fourth-order valence-electron chi connectivity index (χ4n) is 2.45. The van der Waals surface area contributed by atoms with E-state index in [1.807, 2.05) is 36.4 Å². The second-order valence-corrected chi connectivity index (χ2v) is 6.12. The molecule has 4 heteroatoms. The van der Waals surface area contributed by atoms with Crippen molar-refractivity contribution in [3.63, 3.8) is 0 Å². The van der Waals surface area contributed by atoms with E-state index in [9.17, 15) is 0 Å². The molecule has 0 aliphatic rings. The highest BCUT2D eigenvalue weighted by Gasteiger charge is 2.12. The van der Waals surface area contributed by atoms with Crippen molar-refractivity contribution in [1.29, 1.82) is 0 Å². The molecule has 2 nitrogen and oxygen atoms in total. The molecule has 0 spiro atoms. The number of para-hydroxylation sites is 1. The maximum atomic E-state index is 6.05. The summed E-state index contributed by atoms with van der Waals surface area (Å²) in [7, 11) is 0. The van der Waals surface area contributed by atoms with Crippen LogP contribution in [-0.4, -0.2) is 0 Å². The van der Waals surface area contributed by atoms with Gasteiger partial charge in [0, 0.05) is 33.4 Å². The summed E-state index contributed by atoms with van der Waals surface area (Å²) < 4.78 is 6.91. The van der Waals surface area contributed by atoms with Crippen molar-refractivity contribution < 1.29 is 4.42 Å². The molecule has 108 valence electrons. The molecule has 1 heterocycles. The quantitative estimate of drug-likeness (QED) is 0.612. The third kappa shape index (κ3) is 2.94. The molecule has 0 bridgehead atoms. The number of benzene rings is 2. The molecule has 0 unspecified atom stereocenters. The molecule has 0 saturated heterocycles. The minimum atomic E-state index is 0.707. The molecule has 0 radical (unpaired) electrons. The monoisotopic (exact) mass is 363 g/mol. The Morgan fingerprint density at radius 2 is 2.00 bits per heavy atom.